The molecule has 0 radical (unpaired) electrons. The molecule has 7 heteroatoms. The van der Waals surface area contributed by atoms with Crippen LogP contribution in [0.5, 0.6) is 0 Å². The SMILES string of the molecule is Cc1ccc(Cl)c(C(=O)NC2CC(c3nnc(CO)n3C3CC3)C2)c1. The van der Waals surface area contributed by atoms with Crippen LogP contribution in [0.15, 0.2) is 18.2 Å². The minimum atomic E-state index is -0.128. The monoisotopic (exact) mass is 360 g/mol. The summed E-state index contributed by atoms with van der Waals surface area (Å²) in [7, 11) is 0. The Morgan fingerprint density at radius 3 is 2.80 bits per heavy atom. The third-order valence-electron chi connectivity index (χ3n) is 5.05. The Morgan fingerprint density at radius 2 is 2.12 bits per heavy atom. The van der Waals surface area contributed by atoms with Gasteiger partial charge in [-0.2, -0.15) is 0 Å². The van der Waals surface area contributed by atoms with Gasteiger partial charge < -0.3 is 15.0 Å². The van der Waals surface area contributed by atoms with Crippen molar-refractivity contribution >= 4 is 17.5 Å². The number of halogens is 1. The maximum Gasteiger partial charge on any atom is 0.253 e. The first-order valence-electron chi connectivity index (χ1n) is 8.68. The molecular formula is C18H21ClN4O2. The number of aliphatic hydroxyl groups excluding tert-OH is 1. The molecule has 0 bridgehead atoms. The summed E-state index contributed by atoms with van der Waals surface area (Å²) in [5.41, 5.74) is 1.53. The molecule has 4 rings (SSSR count). The highest BCUT2D eigenvalue weighted by Crippen LogP contribution is 2.42. The number of hydrogen-bond donors (Lipinski definition) is 2. The second-order valence-electron chi connectivity index (χ2n) is 7.06. The third-order valence-corrected chi connectivity index (χ3v) is 5.38. The molecule has 1 aromatic carbocycles. The van der Waals surface area contributed by atoms with Crippen molar-refractivity contribution in [1.29, 1.82) is 0 Å². The second kappa shape index (κ2) is 6.42. The summed E-state index contributed by atoms with van der Waals surface area (Å²) >= 11 is 6.14. The smallest absolute Gasteiger partial charge is 0.253 e. The van der Waals surface area contributed by atoms with Gasteiger partial charge >= 0.3 is 0 Å². The lowest BCUT2D eigenvalue weighted by Gasteiger charge is -2.35. The van der Waals surface area contributed by atoms with Gasteiger partial charge in [0.2, 0.25) is 0 Å². The topological polar surface area (TPSA) is 80.0 Å². The Kier molecular flexibility index (Phi) is 4.25. The lowest BCUT2D eigenvalue weighted by Crippen LogP contribution is -2.44. The summed E-state index contributed by atoms with van der Waals surface area (Å²) in [5, 5.41) is 21.4. The maximum atomic E-state index is 12.4. The van der Waals surface area contributed by atoms with Crippen molar-refractivity contribution in [3.05, 3.63) is 46.0 Å². The number of rotatable bonds is 5. The van der Waals surface area contributed by atoms with Gasteiger partial charge in [0.25, 0.3) is 5.91 Å². The molecule has 0 atom stereocenters. The number of amides is 1. The van der Waals surface area contributed by atoms with Gasteiger partial charge in [-0.1, -0.05) is 23.2 Å². The van der Waals surface area contributed by atoms with Crippen LogP contribution in [0, 0.1) is 6.92 Å². The fourth-order valence-corrected chi connectivity index (χ4v) is 3.68. The first-order chi connectivity index (χ1) is 12.1. The van der Waals surface area contributed by atoms with Gasteiger partial charge in [0.15, 0.2) is 5.82 Å². The molecule has 2 saturated carbocycles. The number of carbonyl (C=O) groups is 1. The number of carbonyl (C=O) groups excluding carboxylic acids is 1. The zero-order chi connectivity index (χ0) is 17.6. The molecule has 2 N–H and O–H groups in total. The van der Waals surface area contributed by atoms with Gasteiger partial charge in [0.05, 0.1) is 10.6 Å². The van der Waals surface area contributed by atoms with Crippen LogP contribution in [0.25, 0.3) is 0 Å². The van der Waals surface area contributed by atoms with Crippen molar-refractivity contribution in [2.75, 3.05) is 0 Å². The molecule has 25 heavy (non-hydrogen) atoms. The number of aryl methyl sites for hydroxylation is 1. The second-order valence-corrected chi connectivity index (χ2v) is 7.46. The van der Waals surface area contributed by atoms with Crippen molar-refractivity contribution < 1.29 is 9.90 Å². The van der Waals surface area contributed by atoms with E-state index in [9.17, 15) is 9.90 Å². The number of nitrogens with zero attached hydrogens (tertiary/aromatic N) is 3. The lowest BCUT2D eigenvalue weighted by molar-refractivity contribution is 0.0906. The molecule has 1 aromatic heterocycles. The standard InChI is InChI=1S/C18H21ClN4O2/c1-10-2-5-15(19)14(6-10)18(25)20-12-7-11(8-12)17-22-21-16(9-24)23(17)13-3-4-13/h2,5-6,11-13,24H,3-4,7-9H2,1H3,(H,20,25). The van der Waals surface area contributed by atoms with Crippen LogP contribution in [0.2, 0.25) is 5.02 Å². The first-order valence-corrected chi connectivity index (χ1v) is 9.06. The van der Waals surface area contributed by atoms with Crippen LogP contribution < -0.4 is 5.32 Å². The van der Waals surface area contributed by atoms with Crippen molar-refractivity contribution in [1.82, 2.24) is 20.1 Å². The van der Waals surface area contributed by atoms with Crippen LogP contribution in [0.1, 0.15) is 65.2 Å². The van der Waals surface area contributed by atoms with E-state index in [4.69, 9.17) is 11.6 Å². The predicted octanol–water partition coefficient (Wildman–Crippen LogP) is 2.74. The molecule has 1 heterocycles. The number of benzene rings is 1. The fourth-order valence-electron chi connectivity index (χ4n) is 3.48. The molecule has 0 spiro atoms. The molecule has 2 aromatic rings. The molecule has 1 amide bonds. The first kappa shape index (κ1) is 16.5. The number of aromatic nitrogens is 3. The van der Waals surface area contributed by atoms with Crippen molar-refractivity contribution in [3.63, 3.8) is 0 Å². The third kappa shape index (κ3) is 3.16. The summed E-state index contributed by atoms with van der Waals surface area (Å²) in [6.07, 6.45) is 3.92. The lowest BCUT2D eigenvalue weighted by atomic mass is 9.79. The number of aliphatic hydroxyl groups is 1. The normalized spacial score (nSPS) is 22.5. The summed E-state index contributed by atoms with van der Waals surface area (Å²) in [6, 6.07) is 6.01. The molecule has 0 aliphatic heterocycles. The molecule has 2 aliphatic rings. The zero-order valence-corrected chi connectivity index (χ0v) is 14.8. The van der Waals surface area contributed by atoms with Gasteiger partial charge in [-0.3, -0.25) is 4.79 Å². The van der Waals surface area contributed by atoms with Gasteiger partial charge in [-0.25, -0.2) is 0 Å². The average molecular weight is 361 g/mol. The van der Waals surface area contributed by atoms with E-state index in [0.29, 0.717) is 22.5 Å². The van der Waals surface area contributed by atoms with Gasteiger partial charge in [0.1, 0.15) is 12.4 Å². The Bertz CT molecular complexity index is 809. The average Bonchev–Trinajstić information content (AvgIpc) is 3.32. The quantitative estimate of drug-likeness (QED) is 0.859. The highest BCUT2D eigenvalue weighted by atomic mass is 35.5. The summed E-state index contributed by atoms with van der Waals surface area (Å²) in [6.45, 7) is 1.86. The number of hydrogen-bond acceptors (Lipinski definition) is 4. The Labute approximate surface area is 151 Å². The Hall–Kier alpha value is -1.92. The molecular weight excluding hydrogens is 340 g/mol. The molecule has 132 valence electrons. The molecule has 2 aliphatic carbocycles. The van der Waals surface area contributed by atoms with E-state index in [1.165, 1.54) is 0 Å². The number of nitrogens with one attached hydrogen (secondary N) is 1. The minimum absolute atomic E-state index is 0.0811. The minimum Gasteiger partial charge on any atom is -0.388 e. The van der Waals surface area contributed by atoms with E-state index in [1.807, 2.05) is 19.1 Å². The largest absolute Gasteiger partial charge is 0.388 e. The predicted molar refractivity (Wildman–Crippen MR) is 93.6 cm³/mol. The van der Waals surface area contributed by atoms with E-state index in [0.717, 1.165) is 37.1 Å². The van der Waals surface area contributed by atoms with Gasteiger partial charge in [0, 0.05) is 18.0 Å². The van der Waals surface area contributed by atoms with Crippen LogP contribution in [0.4, 0.5) is 0 Å². The van der Waals surface area contributed by atoms with E-state index in [-0.39, 0.29) is 24.5 Å². The van der Waals surface area contributed by atoms with Crippen LogP contribution >= 0.6 is 11.6 Å². The summed E-state index contributed by atoms with van der Waals surface area (Å²) in [4.78, 5) is 12.4. The zero-order valence-electron chi connectivity index (χ0n) is 14.1. The van der Waals surface area contributed by atoms with Gasteiger partial charge in [-0.15, -0.1) is 10.2 Å². The fraction of sp³-hybridized carbons (Fsp3) is 0.500. The summed E-state index contributed by atoms with van der Waals surface area (Å²) < 4.78 is 2.10. The molecule has 2 fully saturated rings. The summed E-state index contributed by atoms with van der Waals surface area (Å²) in [5.74, 6) is 1.76. The van der Waals surface area contributed by atoms with E-state index >= 15 is 0 Å². The maximum absolute atomic E-state index is 12.4. The van der Waals surface area contributed by atoms with Crippen molar-refractivity contribution in [3.8, 4) is 0 Å². The Morgan fingerprint density at radius 1 is 1.36 bits per heavy atom. The van der Waals surface area contributed by atoms with Crippen molar-refractivity contribution in [2.45, 2.75) is 57.2 Å². The molecule has 6 nitrogen and oxygen atoms in total. The van der Waals surface area contributed by atoms with E-state index in [2.05, 4.69) is 20.1 Å². The van der Waals surface area contributed by atoms with Crippen molar-refractivity contribution in [2.24, 2.45) is 0 Å². The van der Waals surface area contributed by atoms with Crippen LogP contribution in [0.3, 0.4) is 0 Å². The van der Waals surface area contributed by atoms with E-state index in [1.54, 1.807) is 6.07 Å². The van der Waals surface area contributed by atoms with Crippen LogP contribution in [-0.2, 0) is 6.61 Å². The van der Waals surface area contributed by atoms with Crippen LogP contribution in [-0.4, -0.2) is 31.8 Å². The Balaban J connectivity index is 1.40. The molecule has 0 saturated heterocycles. The highest BCUT2D eigenvalue weighted by molar-refractivity contribution is 6.33. The van der Waals surface area contributed by atoms with E-state index < -0.39 is 0 Å². The van der Waals surface area contributed by atoms with Gasteiger partial charge in [-0.05, 0) is 44.7 Å². The highest BCUT2D eigenvalue weighted by Gasteiger charge is 2.38. The molecule has 0 unspecified atom stereocenters.